The van der Waals surface area contributed by atoms with E-state index in [2.05, 4.69) is 0 Å². The molecule has 7 nitrogen and oxygen atoms in total. The molecular formula is C24H30N2O5. The number of esters is 1. The van der Waals surface area contributed by atoms with Crippen LogP contribution >= 0.6 is 0 Å². The SMILES string of the molecule is CCOC(=O)C(c1ccc(CC)cc1)N(C(=O)CC(C)=O)c1cc(CC)c(=O)n(C)c1. The average molecular weight is 427 g/mol. The van der Waals surface area contributed by atoms with Crippen LogP contribution < -0.4 is 10.5 Å². The summed E-state index contributed by atoms with van der Waals surface area (Å²) in [5.41, 5.74) is 2.35. The maximum absolute atomic E-state index is 13.2. The van der Waals surface area contributed by atoms with Gasteiger partial charge in [0.05, 0.1) is 18.7 Å². The molecule has 0 bridgehead atoms. The van der Waals surface area contributed by atoms with E-state index in [0.29, 0.717) is 23.2 Å². The molecule has 31 heavy (non-hydrogen) atoms. The summed E-state index contributed by atoms with van der Waals surface area (Å²) in [6, 6.07) is 7.89. The molecule has 2 rings (SSSR count). The monoisotopic (exact) mass is 426 g/mol. The molecule has 1 atom stereocenters. The van der Waals surface area contributed by atoms with Crippen LogP contribution in [0.1, 0.15) is 56.8 Å². The number of pyridine rings is 1. The highest BCUT2D eigenvalue weighted by molar-refractivity contribution is 6.08. The van der Waals surface area contributed by atoms with Gasteiger partial charge in [-0.3, -0.25) is 19.3 Å². The zero-order chi connectivity index (χ0) is 23.1. The highest BCUT2D eigenvalue weighted by Gasteiger charge is 2.34. The van der Waals surface area contributed by atoms with Crippen molar-refractivity contribution < 1.29 is 19.1 Å². The lowest BCUT2D eigenvalue weighted by atomic mass is 10.0. The number of Topliss-reactive ketones (excluding diaryl/α,β-unsaturated/α-hetero) is 1. The first-order valence-corrected chi connectivity index (χ1v) is 10.5. The van der Waals surface area contributed by atoms with Crippen molar-refractivity contribution in [1.82, 2.24) is 4.57 Å². The molecule has 0 fully saturated rings. The van der Waals surface area contributed by atoms with Crippen molar-refractivity contribution in [2.45, 2.75) is 53.0 Å². The lowest BCUT2D eigenvalue weighted by Gasteiger charge is -2.31. The molecule has 0 saturated heterocycles. The highest BCUT2D eigenvalue weighted by Crippen LogP contribution is 2.30. The van der Waals surface area contributed by atoms with E-state index in [-0.39, 0.29) is 24.4 Å². The van der Waals surface area contributed by atoms with Crippen molar-refractivity contribution in [3.63, 3.8) is 0 Å². The minimum Gasteiger partial charge on any atom is -0.464 e. The number of aryl methyl sites for hydroxylation is 3. The van der Waals surface area contributed by atoms with Crippen LogP contribution in [0, 0.1) is 0 Å². The summed E-state index contributed by atoms with van der Waals surface area (Å²) in [4.78, 5) is 51.7. The zero-order valence-corrected chi connectivity index (χ0v) is 18.8. The summed E-state index contributed by atoms with van der Waals surface area (Å²) < 4.78 is 6.68. The number of hydrogen-bond acceptors (Lipinski definition) is 5. The molecule has 0 spiro atoms. The van der Waals surface area contributed by atoms with E-state index < -0.39 is 17.9 Å². The molecule has 0 aliphatic carbocycles. The van der Waals surface area contributed by atoms with Gasteiger partial charge in [-0.15, -0.1) is 0 Å². The van der Waals surface area contributed by atoms with E-state index in [0.717, 1.165) is 12.0 Å². The van der Waals surface area contributed by atoms with Crippen LogP contribution in [0.3, 0.4) is 0 Å². The van der Waals surface area contributed by atoms with Gasteiger partial charge in [0.1, 0.15) is 5.78 Å². The van der Waals surface area contributed by atoms with Crippen molar-refractivity contribution in [2.24, 2.45) is 7.05 Å². The van der Waals surface area contributed by atoms with E-state index in [1.807, 2.05) is 26.0 Å². The predicted octanol–water partition coefficient (Wildman–Crippen LogP) is 3.13. The largest absolute Gasteiger partial charge is 0.464 e. The third-order valence-electron chi connectivity index (χ3n) is 5.04. The predicted molar refractivity (Wildman–Crippen MR) is 119 cm³/mol. The topological polar surface area (TPSA) is 85.7 Å². The standard InChI is InChI=1S/C24H30N2O5/c1-6-17-9-11-19(12-10-17)22(24(30)31-8-3)26(21(28)13-16(4)27)20-14-18(7-2)23(29)25(5)15-20/h9-12,14-15,22H,6-8,13H2,1-5H3. The molecule has 0 saturated carbocycles. The van der Waals surface area contributed by atoms with Crippen molar-refractivity contribution >= 4 is 23.3 Å². The lowest BCUT2D eigenvalue weighted by molar-refractivity contribution is -0.146. The van der Waals surface area contributed by atoms with Crippen LogP contribution in [-0.4, -0.2) is 28.8 Å². The van der Waals surface area contributed by atoms with Crippen LogP contribution in [0.5, 0.6) is 0 Å². The fraction of sp³-hybridized carbons (Fsp3) is 0.417. The van der Waals surface area contributed by atoms with Crippen LogP contribution in [0.25, 0.3) is 0 Å². The van der Waals surface area contributed by atoms with E-state index in [4.69, 9.17) is 4.74 Å². The van der Waals surface area contributed by atoms with E-state index >= 15 is 0 Å². The summed E-state index contributed by atoms with van der Waals surface area (Å²) in [6.07, 6.45) is 2.43. The van der Waals surface area contributed by atoms with Crippen molar-refractivity contribution in [1.29, 1.82) is 0 Å². The van der Waals surface area contributed by atoms with Crippen molar-refractivity contribution in [3.05, 3.63) is 63.6 Å². The lowest BCUT2D eigenvalue weighted by Crippen LogP contribution is -2.41. The Balaban J connectivity index is 2.73. The number of anilines is 1. The number of carbonyl (C=O) groups is 3. The molecule has 166 valence electrons. The second kappa shape index (κ2) is 10.7. The summed E-state index contributed by atoms with van der Waals surface area (Å²) in [7, 11) is 1.59. The first-order chi connectivity index (χ1) is 14.7. The van der Waals surface area contributed by atoms with Gasteiger partial charge in [-0.2, -0.15) is 0 Å². The smallest absolute Gasteiger partial charge is 0.333 e. The molecule has 0 aliphatic rings. The van der Waals surface area contributed by atoms with E-state index in [1.54, 1.807) is 32.2 Å². The number of ketones is 1. The summed E-state index contributed by atoms with van der Waals surface area (Å²) in [5.74, 6) is -1.46. The third kappa shape index (κ3) is 5.69. The molecule has 0 radical (unpaired) electrons. The van der Waals surface area contributed by atoms with Crippen LogP contribution in [0.2, 0.25) is 0 Å². The van der Waals surface area contributed by atoms with Gasteiger partial charge < -0.3 is 9.30 Å². The number of carbonyl (C=O) groups excluding carboxylic acids is 3. The Kier molecular flexibility index (Phi) is 8.30. The maximum atomic E-state index is 13.2. The number of benzene rings is 1. The molecule has 1 amide bonds. The normalized spacial score (nSPS) is 11.6. The number of rotatable bonds is 9. The number of nitrogens with zero attached hydrogens (tertiary/aromatic N) is 2. The zero-order valence-electron chi connectivity index (χ0n) is 18.8. The average Bonchev–Trinajstić information content (AvgIpc) is 2.73. The second-order valence-corrected chi connectivity index (χ2v) is 7.39. The third-order valence-corrected chi connectivity index (χ3v) is 5.04. The summed E-state index contributed by atoms with van der Waals surface area (Å²) in [5, 5.41) is 0. The van der Waals surface area contributed by atoms with Gasteiger partial charge in [-0.1, -0.05) is 38.1 Å². The van der Waals surface area contributed by atoms with Gasteiger partial charge >= 0.3 is 5.97 Å². The van der Waals surface area contributed by atoms with Crippen LogP contribution in [0.15, 0.2) is 41.3 Å². The molecule has 1 heterocycles. The van der Waals surface area contributed by atoms with E-state index in [1.165, 1.54) is 22.6 Å². The number of amides is 1. The van der Waals surface area contributed by atoms with E-state index in [9.17, 15) is 19.2 Å². The van der Waals surface area contributed by atoms with Gasteiger partial charge in [0.25, 0.3) is 5.56 Å². The quantitative estimate of drug-likeness (QED) is 0.454. The summed E-state index contributed by atoms with van der Waals surface area (Å²) >= 11 is 0. The Morgan fingerprint density at radius 2 is 1.71 bits per heavy atom. The molecule has 1 aromatic heterocycles. The Hall–Kier alpha value is -3.22. The highest BCUT2D eigenvalue weighted by atomic mass is 16.5. The van der Waals surface area contributed by atoms with Crippen molar-refractivity contribution in [2.75, 3.05) is 11.5 Å². The number of ether oxygens (including phenoxy) is 1. The molecule has 1 aromatic carbocycles. The molecular weight excluding hydrogens is 396 g/mol. The number of hydrogen-bond donors (Lipinski definition) is 0. The fourth-order valence-corrected chi connectivity index (χ4v) is 3.43. The molecule has 2 aromatic rings. The van der Waals surface area contributed by atoms with Gasteiger partial charge in [0.2, 0.25) is 5.91 Å². The maximum Gasteiger partial charge on any atom is 0.333 e. The second-order valence-electron chi connectivity index (χ2n) is 7.39. The van der Waals surface area contributed by atoms with Gasteiger partial charge in [0, 0.05) is 18.8 Å². The Labute approximate surface area is 182 Å². The Morgan fingerprint density at radius 1 is 1.06 bits per heavy atom. The molecule has 0 N–H and O–H groups in total. The minimum atomic E-state index is -1.08. The Morgan fingerprint density at radius 3 is 2.23 bits per heavy atom. The fourth-order valence-electron chi connectivity index (χ4n) is 3.43. The van der Waals surface area contributed by atoms with Gasteiger partial charge in [-0.05, 0) is 43.9 Å². The van der Waals surface area contributed by atoms with Crippen LogP contribution in [-0.2, 0) is 39.0 Å². The molecule has 0 aliphatic heterocycles. The molecule has 1 unspecified atom stereocenters. The summed E-state index contributed by atoms with van der Waals surface area (Å²) in [6.45, 7) is 7.03. The van der Waals surface area contributed by atoms with Crippen molar-refractivity contribution in [3.8, 4) is 0 Å². The first kappa shape index (κ1) is 24.1. The Bertz CT molecular complexity index is 1010. The van der Waals surface area contributed by atoms with Crippen LogP contribution in [0.4, 0.5) is 5.69 Å². The molecule has 7 heteroatoms. The number of aromatic nitrogens is 1. The first-order valence-electron chi connectivity index (χ1n) is 10.5. The van der Waals surface area contributed by atoms with Gasteiger partial charge in [0.15, 0.2) is 6.04 Å². The minimum absolute atomic E-state index is 0.143. The van der Waals surface area contributed by atoms with Gasteiger partial charge in [-0.25, -0.2) is 4.79 Å².